The van der Waals surface area contributed by atoms with Gasteiger partial charge >= 0.3 is 5.97 Å². The van der Waals surface area contributed by atoms with Gasteiger partial charge in [-0.25, -0.2) is 22.9 Å². The van der Waals surface area contributed by atoms with Crippen LogP contribution in [0.15, 0.2) is 66.7 Å². The third kappa shape index (κ3) is 7.90. The van der Waals surface area contributed by atoms with Gasteiger partial charge in [0.15, 0.2) is 0 Å². The molecule has 0 saturated carbocycles. The van der Waals surface area contributed by atoms with Crippen molar-refractivity contribution in [3.8, 4) is 23.2 Å². The molecule has 12 heteroatoms. The van der Waals surface area contributed by atoms with Gasteiger partial charge in [-0.15, -0.1) is 0 Å². The highest BCUT2D eigenvalue weighted by molar-refractivity contribution is 5.98. The predicted molar refractivity (Wildman–Crippen MR) is 156 cm³/mol. The van der Waals surface area contributed by atoms with Gasteiger partial charge in [-0.3, -0.25) is 4.79 Å². The van der Waals surface area contributed by atoms with Crippen molar-refractivity contribution >= 4 is 23.3 Å². The number of carbonyl (C=O) groups excluding carboxylic acids is 2. The smallest absolute Gasteiger partial charge is 0.337 e. The molecule has 0 fully saturated rings. The average molecular weight is 605 g/mol. The van der Waals surface area contributed by atoms with Crippen LogP contribution in [-0.4, -0.2) is 44.2 Å². The van der Waals surface area contributed by atoms with Gasteiger partial charge < -0.3 is 24.8 Å². The molecule has 3 aromatic carbocycles. The number of ether oxygens (including phenoxy) is 3. The van der Waals surface area contributed by atoms with Gasteiger partial charge in [-0.05, 0) is 54.1 Å². The van der Waals surface area contributed by atoms with Gasteiger partial charge in [0.1, 0.15) is 29.8 Å². The number of methoxy groups -OCH3 is 2. The second-order valence-corrected chi connectivity index (χ2v) is 9.40. The molecule has 1 aromatic heterocycles. The lowest BCUT2D eigenvalue weighted by molar-refractivity contribution is -0.115. The van der Waals surface area contributed by atoms with Crippen LogP contribution < -0.4 is 15.4 Å². The Bertz CT molecular complexity index is 1730. The summed E-state index contributed by atoms with van der Waals surface area (Å²) in [5, 5.41) is 14.7. The van der Waals surface area contributed by atoms with Crippen molar-refractivity contribution < 1.29 is 37.0 Å². The number of nitrogens with one attached hydrogen (secondary N) is 2. The number of pyridine rings is 1. The van der Waals surface area contributed by atoms with E-state index in [2.05, 4.69) is 15.6 Å². The quantitative estimate of drug-likeness (QED) is 0.157. The fourth-order valence-corrected chi connectivity index (χ4v) is 4.15. The Morgan fingerprint density at radius 3 is 2.43 bits per heavy atom. The van der Waals surface area contributed by atoms with Crippen molar-refractivity contribution in [1.82, 2.24) is 4.98 Å². The van der Waals surface area contributed by atoms with Crippen LogP contribution >= 0.6 is 0 Å². The van der Waals surface area contributed by atoms with Crippen molar-refractivity contribution in [2.75, 3.05) is 38.0 Å². The van der Waals surface area contributed by atoms with E-state index in [-0.39, 0.29) is 46.9 Å². The molecule has 0 bridgehead atoms. The lowest BCUT2D eigenvalue weighted by Gasteiger charge is -2.15. The highest BCUT2D eigenvalue weighted by atomic mass is 19.1. The Kier molecular flexibility index (Phi) is 10.5. The van der Waals surface area contributed by atoms with E-state index in [0.29, 0.717) is 30.1 Å². The van der Waals surface area contributed by atoms with Crippen LogP contribution in [0.2, 0.25) is 0 Å². The second-order valence-electron chi connectivity index (χ2n) is 9.40. The first-order chi connectivity index (χ1) is 21.2. The van der Waals surface area contributed by atoms with Crippen LogP contribution in [0.4, 0.5) is 24.5 Å². The largest absolute Gasteiger partial charge is 0.473 e. The van der Waals surface area contributed by atoms with E-state index in [0.717, 1.165) is 18.2 Å². The molecule has 0 radical (unpaired) electrons. The standard InChI is InChI=1S/C32H27F3N4O5/c1-42-12-11-37-28-16-21(32(41)43-2)6-9-27(28)38-29(40)15-19-4-7-23(26(35)13-19)31-24(33)8-10-30(39-31)44-18-22-5-3-20(17-36)14-25(22)34/h3-10,13-14,16,37H,11-12,15,18H2,1-2H3,(H,38,40). The summed E-state index contributed by atoms with van der Waals surface area (Å²) in [6.45, 7) is 0.530. The lowest BCUT2D eigenvalue weighted by Crippen LogP contribution is -2.17. The number of benzene rings is 3. The number of nitrogens with zero attached hydrogens (tertiary/aromatic N) is 2. The Balaban J connectivity index is 1.46. The number of carbonyl (C=O) groups is 2. The first-order valence-corrected chi connectivity index (χ1v) is 13.2. The molecule has 0 saturated heterocycles. The van der Waals surface area contributed by atoms with Crippen LogP contribution in [0.5, 0.6) is 5.88 Å². The fourth-order valence-electron chi connectivity index (χ4n) is 4.15. The van der Waals surface area contributed by atoms with E-state index in [9.17, 15) is 18.4 Å². The van der Waals surface area contributed by atoms with E-state index in [1.807, 2.05) is 6.07 Å². The van der Waals surface area contributed by atoms with Gasteiger partial charge in [0.05, 0.1) is 48.7 Å². The van der Waals surface area contributed by atoms with Crippen LogP contribution in [0.3, 0.4) is 0 Å². The molecule has 0 aliphatic carbocycles. The van der Waals surface area contributed by atoms with Crippen molar-refractivity contribution in [2.45, 2.75) is 13.0 Å². The molecular weight excluding hydrogens is 577 g/mol. The maximum atomic E-state index is 15.2. The molecule has 0 unspecified atom stereocenters. The first-order valence-electron chi connectivity index (χ1n) is 13.2. The van der Waals surface area contributed by atoms with Crippen molar-refractivity contribution in [2.24, 2.45) is 0 Å². The van der Waals surface area contributed by atoms with Gasteiger partial charge in [0.25, 0.3) is 0 Å². The van der Waals surface area contributed by atoms with Crippen molar-refractivity contribution in [3.05, 3.63) is 106 Å². The highest BCUT2D eigenvalue weighted by Crippen LogP contribution is 2.28. The Morgan fingerprint density at radius 1 is 0.909 bits per heavy atom. The number of aromatic nitrogens is 1. The number of esters is 1. The molecule has 0 aliphatic heterocycles. The minimum absolute atomic E-state index is 0.0684. The number of nitriles is 1. The molecule has 4 rings (SSSR count). The van der Waals surface area contributed by atoms with Crippen molar-refractivity contribution in [3.63, 3.8) is 0 Å². The summed E-state index contributed by atoms with van der Waals surface area (Å²) in [5.41, 5.74) is 1.26. The topological polar surface area (TPSA) is 123 Å². The maximum Gasteiger partial charge on any atom is 0.337 e. The predicted octanol–water partition coefficient (Wildman–Crippen LogP) is 5.64. The molecule has 4 aromatic rings. The Morgan fingerprint density at radius 2 is 1.73 bits per heavy atom. The summed E-state index contributed by atoms with van der Waals surface area (Å²) in [4.78, 5) is 28.8. The summed E-state index contributed by atoms with van der Waals surface area (Å²) in [6, 6.07) is 16.5. The lowest BCUT2D eigenvalue weighted by atomic mass is 10.0. The van der Waals surface area contributed by atoms with E-state index in [4.69, 9.17) is 19.5 Å². The van der Waals surface area contributed by atoms with Crippen LogP contribution in [-0.2, 0) is 27.3 Å². The maximum absolute atomic E-state index is 15.2. The zero-order valence-electron chi connectivity index (χ0n) is 23.7. The molecule has 226 valence electrons. The van der Waals surface area contributed by atoms with Crippen molar-refractivity contribution in [1.29, 1.82) is 5.26 Å². The summed E-state index contributed by atoms with van der Waals surface area (Å²) >= 11 is 0. The number of anilines is 2. The monoisotopic (exact) mass is 604 g/mol. The minimum Gasteiger partial charge on any atom is -0.473 e. The van der Waals surface area contributed by atoms with Gasteiger partial charge in [-0.2, -0.15) is 5.26 Å². The van der Waals surface area contributed by atoms with Gasteiger partial charge in [-0.1, -0.05) is 12.1 Å². The molecular formula is C32H27F3N4O5. The highest BCUT2D eigenvalue weighted by Gasteiger charge is 2.17. The Hall–Kier alpha value is -5.41. The number of amides is 1. The summed E-state index contributed by atoms with van der Waals surface area (Å²) in [5.74, 6) is -3.35. The molecule has 0 spiro atoms. The molecule has 2 N–H and O–H groups in total. The molecule has 1 heterocycles. The van der Waals surface area contributed by atoms with Gasteiger partial charge in [0, 0.05) is 30.8 Å². The number of rotatable bonds is 12. The summed E-state index contributed by atoms with van der Waals surface area (Å²) in [6.07, 6.45) is -0.206. The number of hydrogen-bond acceptors (Lipinski definition) is 8. The van der Waals surface area contributed by atoms with Crippen LogP contribution in [0, 0.1) is 28.8 Å². The minimum atomic E-state index is -0.818. The van der Waals surface area contributed by atoms with E-state index >= 15 is 4.39 Å². The molecule has 9 nitrogen and oxygen atoms in total. The molecule has 0 atom stereocenters. The molecule has 0 aliphatic rings. The van der Waals surface area contributed by atoms with E-state index < -0.39 is 29.3 Å². The normalized spacial score (nSPS) is 10.5. The zero-order valence-corrected chi connectivity index (χ0v) is 23.7. The molecule has 44 heavy (non-hydrogen) atoms. The molecule has 1 amide bonds. The second kappa shape index (κ2) is 14.7. The summed E-state index contributed by atoms with van der Waals surface area (Å²) < 4.78 is 59.3. The third-order valence-electron chi connectivity index (χ3n) is 6.37. The van der Waals surface area contributed by atoms with Gasteiger partial charge in [0.2, 0.25) is 11.8 Å². The third-order valence-corrected chi connectivity index (χ3v) is 6.37. The Labute approximate surface area is 251 Å². The van der Waals surface area contributed by atoms with E-state index in [1.54, 1.807) is 6.07 Å². The number of halogens is 3. The van der Waals surface area contributed by atoms with Crippen LogP contribution in [0.1, 0.15) is 27.0 Å². The van der Waals surface area contributed by atoms with Crippen LogP contribution in [0.25, 0.3) is 11.3 Å². The van der Waals surface area contributed by atoms with E-state index in [1.165, 1.54) is 56.7 Å². The first kappa shape index (κ1) is 31.5. The average Bonchev–Trinajstić information content (AvgIpc) is 3.01. The summed E-state index contributed by atoms with van der Waals surface area (Å²) in [7, 11) is 2.80. The fraction of sp³-hybridized carbons (Fsp3) is 0.188. The number of hydrogen-bond donors (Lipinski definition) is 2. The SMILES string of the molecule is COCCNc1cc(C(=O)OC)ccc1NC(=O)Cc1ccc(-c2nc(OCc3ccc(C#N)cc3F)ccc2F)c(F)c1. The zero-order chi connectivity index (χ0) is 31.6.